The molecule has 1 aromatic heterocycles. The maximum atomic E-state index is 12.4. The highest BCUT2D eigenvalue weighted by Gasteiger charge is 2.19. The molecule has 0 saturated heterocycles. The lowest BCUT2D eigenvalue weighted by molar-refractivity contribution is 0.0717. The maximum Gasteiger partial charge on any atom is 0.289 e. The highest BCUT2D eigenvalue weighted by Crippen LogP contribution is 2.22. The molecule has 1 rings (SSSR count). The van der Waals surface area contributed by atoms with Crippen molar-refractivity contribution in [1.82, 2.24) is 4.90 Å². The van der Waals surface area contributed by atoms with Crippen LogP contribution in [0.4, 0.5) is 0 Å². The number of halogens is 1. The highest BCUT2D eigenvalue weighted by molar-refractivity contribution is 6.20. The predicted molar refractivity (Wildman–Crippen MR) is 78.7 cm³/mol. The number of furan rings is 1. The van der Waals surface area contributed by atoms with Gasteiger partial charge in [-0.25, -0.2) is 0 Å². The van der Waals surface area contributed by atoms with E-state index in [1.165, 1.54) is 0 Å². The van der Waals surface area contributed by atoms with Crippen LogP contribution >= 0.6 is 11.6 Å². The van der Waals surface area contributed by atoms with E-state index in [0.717, 1.165) is 38.8 Å². The zero-order valence-corrected chi connectivity index (χ0v) is 12.9. The largest absolute Gasteiger partial charge is 0.454 e. The van der Waals surface area contributed by atoms with Crippen LogP contribution in [0.2, 0.25) is 0 Å². The van der Waals surface area contributed by atoms with Gasteiger partial charge in [-0.05, 0) is 31.9 Å². The Morgan fingerprint density at radius 2 is 1.84 bits per heavy atom. The number of rotatable bonds is 8. The van der Waals surface area contributed by atoms with E-state index in [4.69, 9.17) is 16.0 Å². The van der Waals surface area contributed by atoms with E-state index in [9.17, 15) is 4.79 Å². The lowest BCUT2D eigenvalue weighted by Crippen LogP contribution is -2.32. The number of amides is 1. The van der Waals surface area contributed by atoms with Crippen molar-refractivity contribution in [2.45, 2.75) is 51.8 Å². The molecule has 108 valence electrons. The Kier molecular flexibility index (Phi) is 7.00. The molecule has 1 heterocycles. The Labute approximate surface area is 120 Å². The van der Waals surface area contributed by atoms with Crippen molar-refractivity contribution in [3.05, 3.63) is 23.7 Å². The number of alkyl halides is 1. The number of carbonyl (C=O) groups is 1. The molecule has 0 aliphatic heterocycles. The van der Waals surface area contributed by atoms with Crippen molar-refractivity contribution in [2.24, 2.45) is 0 Å². The summed E-state index contributed by atoms with van der Waals surface area (Å²) >= 11 is 5.95. The van der Waals surface area contributed by atoms with Gasteiger partial charge < -0.3 is 9.32 Å². The molecule has 0 N–H and O–H groups in total. The van der Waals surface area contributed by atoms with Gasteiger partial charge in [0.05, 0.1) is 5.38 Å². The van der Waals surface area contributed by atoms with Gasteiger partial charge in [0, 0.05) is 13.1 Å². The average molecular weight is 286 g/mol. The summed E-state index contributed by atoms with van der Waals surface area (Å²) in [4.78, 5) is 14.3. The highest BCUT2D eigenvalue weighted by atomic mass is 35.5. The summed E-state index contributed by atoms with van der Waals surface area (Å²) in [7, 11) is 0. The van der Waals surface area contributed by atoms with Gasteiger partial charge in [-0.2, -0.15) is 0 Å². The number of hydrogen-bond donors (Lipinski definition) is 0. The number of unbranched alkanes of at least 4 members (excludes halogenated alkanes) is 2. The first-order chi connectivity index (χ1) is 9.10. The van der Waals surface area contributed by atoms with E-state index < -0.39 is 0 Å². The van der Waals surface area contributed by atoms with Crippen molar-refractivity contribution in [1.29, 1.82) is 0 Å². The lowest BCUT2D eigenvalue weighted by atomic mass is 10.2. The number of nitrogens with zero attached hydrogens (tertiary/aromatic N) is 1. The zero-order chi connectivity index (χ0) is 14.3. The summed E-state index contributed by atoms with van der Waals surface area (Å²) in [6.45, 7) is 7.68. The van der Waals surface area contributed by atoms with Crippen LogP contribution in [0.25, 0.3) is 0 Å². The summed E-state index contributed by atoms with van der Waals surface area (Å²) in [5, 5.41) is -0.207. The van der Waals surface area contributed by atoms with E-state index in [1.54, 1.807) is 12.1 Å². The van der Waals surface area contributed by atoms with Crippen LogP contribution in [0.5, 0.6) is 0 Å². The van der Waals surface area contributed by atoms with Gasteiger partial charge in [0.2, 0.25) is 0 Å². The third kappa shape index (κ3) is 4.90. The Hall–Kier alpha value is -0.960. The minimum absolute atomic E-state index is 0.0227. The molecule has 0 bridgehead atoms. The Bertz CT molecular complexity index is 379. The van der Waals surface area contributed by atoms with E-state index in [-0.39, 0.29) is 11.3 Å². The molecule has 0 aromatic carbocycles. The summed E-state index contributed by atoms with van der Waals surface area (Å²) in [6.07, 6.45) is 4.21. The zero-order valence-electron chi connectivity index (χ0n) is 12.1. The maximum absolute atomic E-state index is 12.4. The molecular weight excluding hydrogens is 262 g/mol. The molecular formula is C15H24ClNO2. The van der Waals surface area contributed by atoms with Crippen molar-refractivity contribution in [2.75, 3.05) is 13.1 Å². The van der Waals surface area contributed by atoms with Gasteiger partial charge in [0.1, 0.15) is 5.76 Å². The summed E-state index contributed by atoms with van der Waals surface area (Å²) < 4.78 is 5.52. The number of hydrogen-bond acceptors (Lipinski definition) is 2. The summed E-state index contributed by atoms with van der Waals surface area (Å²) in [5.74, 6) is 1.02. The molecule has 3 nitrogen and oxygen atoms in total. The Balaban J connectivity index is 2.72. The van der Waals surface area contributed by atoms with Crippen LogP contribution in [-0.2, 0) is 0 Å². The van der Waals surface area contributed by atoms with E-state index in [2.05, 4.69) is 13.8 Å². The van der Waals surface area contributed by atoms with Gasteiger partial charge >= 0.3 is 0 Å². The van der Waals surface area contributed by atoms with E-state index in [1.807, 2.05) is 11.8 Å². The minimum atomic E-state index is -0.207. The summed E-state index contributed by atoms with van der Waals surface area (Å²) in [5.41, 5.74) is 0. The molecule has 0 aliphatic rings. The first-order valence-corrected chi connectivity index (χ1v) is 7.56. The Morgan fingerprint density at radius 1 is 1.26 bits per heavy atom. The molecule has 1 amide bonds. The van der Waals surface area contributed by atoms with Crippen LogP contribution < -0.4 is 0 Å². The standard InChI is InChI=1S/C15H24ClNO2/c1-4-6-10-17(11-7-5-2)15(18)14-9-8-13(19-14)12(3)16/h8-9,12H,4-7,10-11H2,1-3H3. The van der Waals surface area contributed by atoms with Gasteiger partial charge in [-0.1, -0.05) is 26.7 Å². The fourth-order valence-corrected chi connectivity index (χ4v) is 1.97. The molecule has 1 aromatic rings. The second kappa shape index (κ2) is 8.26. The van der Waals surface area contributed by atoms with Gasteiger partial charge in [-0.15, -0.1) is 11.6 Å². The second-order valence-corrected chi connectivity index (χ2v) is 5.47. The smallest absolute Gasteiger partial charge is 0.289 e. The van der Waals surface area contributed by atoms with Crippen LogP contribution in [0.1, 0.15) is 68.1 Å². The van der Waals surface area contributed by atoms with Crippen LogP contribution in [0, 0.1) is 0 Å². The fourth-order valence-electron chi connectivity index (χ4n) is 1.85. The molecule has 19 heavy (non-hydrogen) atoms. The third-order valence-electron chi connectivity index (χ3n) is 3.08. The molecule has 0 spiro atoms. The average Bonchev–Trinajstić information content (AvgIpc) is 2.88. The third-order valence-corrected chi connectivity index (χ3v) is 3.30. The van der Waals surface area contributed by atoms with E-state index >= 15 is 0 Å². The van der Waals surface area contributed by atoms with E-state index in [0.29, 0.717) is 11.5 Å². The SMILES string of the molecule is CCCCN(CCCC)C(=O)c1ccc(C(C)Cl)o1. The van der Waals surface area contributed by atoms with Crippen molar-refractivity contribution in [3.8, 4) is 0 Å². The van der Waals surface area contributed by atoms with Crippen molar-refractivity contribution in [3.63, 3.8) is 0 Å². The second-order valence-electron chi connectivity index (χ2n) is 4.82. The number of carbonyl (C=O) groups excluding carboxylic acids is 1. The first-order valence-electron chi connectivity index (χ1n) is 7.13. The van der Waals surface area contributed by atoms with Crippen LogP contribution in [0.3, 0.4) is 0 Å². The molecule has 1 atom stereocenters. The van der Waals surface area contributed by atoms with Crippen LogP contribution in [0.15, 0.2) is 16.5 Å². The molecule has 4 heteroatoms. The van der Waals surface area contributed by atoms with Crippen molar-refractivity contribution < 1.29 is 9.21 Å². The van der Waals surface area contributed by atoms with Crippen molar-refractivity contribution >= 4 is 17.5 Å². The fraction of sp³-hybridized carbons (Fsp3) is 0.667. The topological polar surface area (TPSA) is 33.5 Å². The molecule has 0 fully saturated rings. The monoisotopic (exact) mass is 285 g/mol. The Morgan fingerprint density at radius 3 is 2.26 bits per heavy atom. The van der Waals surface area contributed by atoms with Gasteiger partial charge in [0.15, 0.2) is 5.76 Å². The first kappa shape index (κ1) is 16.1. The summed E-state index contributed by atoms with van der Waals surface area (Å²) in [6, 6.07) is 3.50. The van der Waals surface area contributed by atoms with Crippen LogP contribution in [-0.4, -0.2) is 23.9 Å². The van der Waals surface area contributed by atoms with Gasteiger partial charge in [-0.3, -0.25) is 4.79 Å². The predicted octanol–water partition coefficient (Wildman–Crippen LogP) is 4.62. The molecule has 0 radical (unpaired) electrons. The quantitative estimate of drug-likeness (QED) is 0.653. The normalized spacial score (nSPS) is 12.4. The minimum Gasteiger partial charge on any atom is -0.454 e. The molecule has 0 aliphatic carbocycles. The molecule has 1 unspecified atom stereocenters. The molecule has 0 saturated carbocycles. The van der Waals surface area contributed by atoms with Gasteiger partial charge in [0.25, 0.3) is 5.91 Å². The lowest BCUT2D eigenvalue weighted by Gasteiger charge is -2.21.